The molecule has 2 N–H and O–H groups in total. The van der Waals surface area contributed by atoms with Crippen LogP contribution < -0.4 is 10.6 Å². The fraction of sp³-hybridized carbons (Fsp3) is 0.222. The van der Waals surface area contributed by atoms with Gasteiger partial charge >= 0.3 is 0 Å². The molecule has 2 aliphatic heterocycles. The molecule has 138 valence electrons. The van der Waals surface area contributed by atoms with Crippen molar-refractivity contribution in [2.45, 2.75) is 13.3 Å². The molecule has 0 saturated carbocycles. The Balaban J connectivity index is 1.39. The summed E-state index contributed by atoms with van der Waals surface area (Å²) in [5, 5.41) is 8.99. The van der Waals surface area contributed by atoms with Crippen molar-refractivity contribution in [2.24, 2.45) is 4.99 Å². The smallest absolute Gasteiger partial charge is 0.267 e. The summed E-state index contributed by atoms with van der Waals surface area (Å²) >= 11 is 2.72. The molecule has 0 fully saturated rings. The number of anilines is 2. The first kappa shape index (κ1) is 17.7. The van der Waals surface area contributed by atoms with Crippen molar-refractivity contribution < 1.29 is 9.59 Å². The first-order chi connectivity index (χ1) is 13.1. The third kappa shape index (κ3) is 3.88. The van der Waals surface area contributed by atoms with Gasteiger partial charge in [-0.25, -0.2) is 4.98 Å². The van der Waals surface area contributed by atoms with Crippen LogP contribution in [0, 0.1) is 6.92 Å². The fourth-order valence-electron chi connectivity index (χ4n) is 2.81. The molecule has 27 heavy (non-hydrogen) atoms. The lowest BCUT2D eigenvalue weighted by Crippen LogP contribution is -2.24. The van der Waals surface area contributed by atoms with Gasteiger partial charge in [0.15, 0.2) is 10.3 Å². The van der Waals surface area contributed by atoms with Gasteiger partial charge in [0, 0.05) is 17.9 Å². The minimum atomic E-state index is -0.232. The third-order valence-electron chi connectivity index (χ3n) is 4.07. The Morgan fingerprint density at radius 2 is 2.04 bits per heavy atom. The predicted octanol–water partition coefficient (Wildman–Crippen LogP) is 3.29. The van der Waals surface area contributed by atoms with Crippen molar-refractivity contribution in [2.75, 3.05) is 23.7 Å². The van der Waals surface area contributed by atoms with Gasteiger partial charge in [-0.15, -0.1) is 0 Å². The van der Waals surface area contributed by atoms with Crippen LogP contribution in [-0.4, -0.2) is 40.0 Å². The Bertz CT molecular complexity index is 952. The number of fused-ring (bicyclic) bond motifs is 1. The highest BCUT2D eigenvalue weighted by Gasteiger charge is 2.27. The minimum absolute atomic E-state index is 0.154. The van der Waals surface area contributed by atoms with Gasteiger partial charge in [-0.1, -0.05) is 41.3 Å². The number of aliphatic imine (C=N–C) groups is 1. The Hall–Kier alpha value is -2.65. The van der Waals surface area contributed by atoms with E-state index in [-0.39, 0.29) is 18.2 Å². The van der Waals surface area contributed by atoms with Crippen molar-refractivity contribution in [3.8, 4) is 0 Å². The summed E-state index contributed by atoms with van der Waals surface area (Å²) in [4.78, 5) is 36.1. The molecule has 0 aliphatic carbocycles. The average molecular weight is 400 g/mol. The van der Waals surface area contributed by atoms with Gasteiger partial charge < -0.3 is 15.5 Å². The number of nitrogens with one attached hydrogen (secondary N) is 2. The zero-order chi connectivity index (χ0) is 18.8. The summed E-state index contributed by atoms with van der Waals surface area (Å²) in [7, 11) is 0. The largest absolute Gasteiger partial charge is 0.322 e. The molecule has 0 unspecified atom stereocenters. The van der Waals surface area contributed by atoms with E-state index in [9.17, 15) is 9.59 Å². The van der Waals surface area contributed by atoms with E-state index in [1.807, 2.05) is 35.7 Å². The zero-order valence-corrected chi connectivity index (χ0v) is 16.2. The van der Waals surface area contributed by atoms with E-state index < -0.39 is 0 Å². The minimum Gasteiger partial charge on any atom is -0.322 e. The summed E-state index contributed by atoms with van der Waals surface area (Å²) in [6.45, 7) is 3.35. The van der Waals surface area contributed by atoms with Gasteiger partial charge in [0.25, 0.3) is 5.91 Å². The van der Waals surface area contributed by atoms with Crippen molar-refractivity contribution >= 4 is 50.9 Å². The average Bonchev–Trinajstić information content (AvgIpc) is 3.33. The zero-order valence-electron chi connectivity index (χ0n) is 14.6. The number of aromatic nitrogens is 1. The lowest BCUT2D eigenvalue weighted by molar-refractivity contribution is -0.115. The monoisotopic (exact) mass is 399 g/mol. The molecule has 7 nitrogen and oxygen atoms in total. The maximum atomic E-state index is 12.5. The Labute approximate surface area is 164 Å². The van der Waals surface area contributed by atoms with Crippen molar-refractivity contribution in [1.82, 2.24) is 9.88 Å². The van der Waals surface area contributed by atoms with Crippen LogP contribution in [0.25, 0.3) is 0 Å². The standard InChI is InChI=1S/C18H17N5O2S2/c1-11-15(16(25)21-12-5-3-2-4-6-12)27-17(20-11)22-14(24)9-13-10-26-18-19-7-8-23(13)18/h2-6,10H,7-9H2,1H3,(H,21,25)(H,20,22,24). The maximum absolute atomic E-state index is 12.5. The second-order valence-electron chi connectivity index (χ2n) is 6.02. The molecule has 2 aromatic rings. The number of amides is 2. The van der Waals surface area contributed by atoms with Crippen LogP contribution in [0.5, 0.6) is 0 Å². The van der Waals surface area contributed by atoms with E-state index >= 15 is 0 Å². The predicted molar refractivity (Wildman–Crippen MR) is 109 cm³/mol. The van der Waals surface area contributed by atoms with Gasteiger partial charge in [0.1, 0.15) is 4.88 Å². The van der Waals surface area contributed by atoms with Crippen LogP contribution in [0.2, 0.25) is 0 Å². The fourth-order valence-corrected chi connectivity index (χ4v) is 4.64. The van der Waals surface area contributed by atoms with Crippen molar-refractivity contribution in [3.63, 3.8) is 0 Å². The van der Waals surface area contributed by atoms with E-state index in [0.29, 0.717) is 15.7 Å². The van der Waals surface area contributed by atoms with Crippen LogP contribution >= 0.6 is 23.1 Å². The molecular weight excluding hydrogens is 382 g/mol. The molecule has 2 amide bonds. The highest BCUT2D eigenvalue weighted by molar-refractivity contribution is 8.16. The van der Waals surface area contributed by atoms with Gasteiger partial charge in [0.2, 0.25) is 5.91 Å². The number of para-hydroxylation sites is 1. The Morgan fingerprint density at radius 3 is 2.85 bits per heavy atom. The first-order valence-corrected chi connectivity index (χ1v) is 10.1. The highest BCUT2D eigenvalue weighted by Crippen LogP contribution is 2.31. The van der Waals surface area contributed by atoms with Gasteiger partial charge in [-0.3, -0.25) is 14.6 Å². The van der Waals surface area contributed by atoms with E-state index in [0.717, 1.165) is 29.6 Å². The summed E-state index contributed by atoms with van der Waals surface area (Å²) < 4.78 is 0. The number of nitrogens with zero attached hydrogens (tertiary/aromatic N) is 3. The van der Waals surface area contributed by atoms with Crippen LogP contribution in [0.4, 0.5) is 10.8 Å². The second-order valence-corrected chi connectivity index (χ2v) is 7.86. The first-order valence-electron chi connectivity index (χ1n) is 8.41. The number of aryl methyl sites for hydroxylation is 1. The molecule has 0 radical (unpaired) electrons. The number of rotatable bonds is 5. The van der Waals surface area contributed by atoms with Crippen molar-refractivity contribution in [1.29, 1.82) is 0 Å². The van der Waals surface area contributed by atoms with Gasteiger partial charge in [-0.2, -0.15) is 0 Å². The third-order valence-corrected chi connectivity index (χ3v) is 6.09. The lowest BCUT2D eigenvalue weighted by atomic mass is 10.3. The molecule has 1 aromatic carbocycles. The molecule has 1 aromatic heterocycles. The Morgan fingerprint density at radius 1 is 1.22 bits per heavy atom. The van der Waals surface area contributed by atoms with Gasteiger partial charge in [-0.05, 0) is 24.5 Å². The van der Waals surface area contributed by atoms with E-state index in [4.69, 9.17) is 0 Å². The number of hydrogen-bond acceptors (Lipinski definition) is 7. The maximum Gasteiger partial charge on any atom is 0.267 e. The highest BCUT2D eigenvalue weighted by atomic mass is 32.2. The molecular formula is C18H17N5O2S2. The van der Waals surface area contributed by atoms with Crippen LogP contribution in [0.15, 0.2) is 46.4 Å². The quantitative estimate of drug-likeness (QED) is 0.806. The number of carbonyl (C=O) groups excluding carboxylic acids is 2. The van der Waals surface area contributed by atoms with Crippen LogP contribution in [0.1, 0.15) is 21.8 Å². The Kier molecular flexibility index (Phi) is 4.95. The molecule has 0 atom stereocenters. The summed E-state index contributed by atoms with van der Waals surface area (Å²) in [6, 6.07) is 9.23. The van der Waals surface area contributed by atoms with E-state index in [2.05, 4.69) is 25.5 Å². The number of carbonyl (C=O) groups is 2. The summed E-state index contributed by atoms with van der Waals surface area (Å²) in [5.74, 6) is -0.386. The molecule has 0 saturated heterocycles. The number of thioether (sulfide) groups is 1. The number of thiazole rings is 1. The summed E-state index contributed by atoms with van der Waals surface area (Å²) in [6.07, 6.45) is 0.260. The van der Waals surface area contributed by atoms with Gasteiger partial charge in [0.05, 0.1) is 18.7 Å². The molecule has 9 heteroatoms. The number of benzene rings is 1. The second kappa shape index (κ2) is 7.53. The van der Waals surface area contributed by atoms with E-state index in [1.54, 1.807) is 18.7 Å². The van der Waals surface area contributed by atoms with E-state index in [1.165, 1.54) is 11.3 Å². The molecule has 0 spiro atoms. The topological polar surface area (TPSA) is 86.7 Å². The molecule has 0 bridgehead atoms. The lowest BCUT2D eigenvalue weighted by Gasteiger charge is -2.15. The summed E-state index contributed by atoms with van der Waals surface area (Å²) in [5.41, 5.74) is 2.26. The molecule has 3 heterocycles. The van der Waals surface area contributed by atoms with Crippen LogP contribution in [0.3, 0.4) is 0 Å². The molecule has 4 rings (SSSR count). The van der Waals surface area contributed by atoms with Crippen molar-refractivity contribution in [3.05, 3.63) is 52.0 Å². The number of amidine groups is 1. The SMILES string of the molecule is Cc1nc(NC(=O)CC2=CSC3=NCCN23)sc1C(=O)Nc1ccccc1. The van der Waals surface area contributed by atoms with Crippen LogP contribution in [-0.2, 0) is 4.79 Å². The molecule has 2 aliphatic rings. The number of hydrogen-bond donors (Lipinski definition) is 2. The normalized spacial score (nSPS) is 15.2.